The van der Waals surface area contributed by atoms with E-state index in [-0.39, 0.29) is 11.9 Å². The minimum absolute atomic E-state index is 0.141. The SMILES string of the molecule is CCCn1nc(N(c2ccc(Cl)cc2Cl)[C@@H](CC2CC2)c2ccc(C)c(F)c2)nc1C. The molecule has 1 aliphatic carbocycles. The molecule has 4 nitrogen and oxygen atoms in total. The van der Waals surface area contributed by atoms with Gasteiger partial charge in [-0.15, -0.1) is 5.10 Å². The zero-order valence-corrected chi connectivity index (χ0v) is 19.6. The maximum atomic E-state index is 14.6. The Morgan fingerprint density at radius 3 is 2.58 bits per heavy atom. The number of aromatic nitrogens is 3. The molecule has 0 saturated heterocycles. The Kier molecular flexibility index (Phi) is 6.54. The van der Waals surface area contributed by atoms with Crippen molar-refractivity contribution in [3.63, 3.8) is 0 Å². The monoisotopic (exact) mass is 460 g/mol. The highest BCUT2D eigenvalue weighted by atomic mass is 35.5. The van der Waals surface area contributed by atoms with Gasteiger partial charge < -0.3 is 4.90 Å². The summed E-state index contributed by atoms with van der Waals surface area (Å²) in [5.41, 5.74) is 2.29. The average Bonchev–Trinajstić information content (AvgIpc) is 3.47. The van der Waals surface area contributed by atoms with E-state index in [1.807, 2.05) is 35.9 Å². The largest absolute Gasteiger partial charge is 0.300 e. The van der Waals surface area contributed by atoms with Crippen LogP contribution in [0, 0.1) is 25.6 Å². The minimum Gasteiger partial charge on any atom is -0.300 e. The molecule has 4 rings (SSSR count). The Labute approximate surface area is 193 Å². The summed E-state index contributed by atoms with van der Waals surface area (Å²) in [4.78, 5) is 6.83. The first-order valence-corrected chi connectivity index (χ1v) is 11.5. The lowest BCUT2D eigenvalue weighted by molar-refractivity contribution is 0.555. The Balaban J connectivity index is 1.87. The molecule has 0 radical (unpaired) electrons. The number of rotatable bonds is 8. The summed E-state index contributed by atoms with van der Waals surface area (Å²) in [6.45, 7) is 6.63. The summed E-state index contributed by atoms with van der Waals surface area (Å²) in [6, 6.07) is 10.8. The van der Waals surface area contributed by atoms with E-state index < -0.39 is 0 Å². The molecule has 1 heterocycles. The molecule has 2 aromatic carbocycles. The van der Waals surface area contributed by atoms with Crippen LogP contribution in [0.1, 0.15) is 55.6 Å². The van der Waals surface area contributed by atoms with Gasteiger partial charge in [-0.2, -0.15) is 4.98 Å². The van der Waals surface area contributed by atoms with Crippen LogP contribution < -0.4 is 4.90 Å². The molecule has 1 saturated carbocycles. The van der Waals surface area contributed by atoms with Crippen LogP contribution in [0.15, 0.2) is 36.4 Å². The molecule has 0 N–H and O–H groups in total. The molecule has 3 aromatic rings. The third-order valence-electron chi connectivity index (χ3n) is 5.81. The number of halogens is 3. The molecule has 164 valence electrons. The molecule has 1 aromatic heterocycles. The zero-order chi connectivity index (χ0) is 22.1. The summed E-state index contributed by atoms with van der Waals surface area (Å²) in [5.74, 6) is 1.80. The Bertz CT molecular complexity index is 1080. The Morgan fingerprint density at radius 2 is 1.94 bits per heavy atom. The van der Waals surface area contributed by atoms with Crippen molar-refractivity contribution in [2.45, 2.75) is 59.0 Å². The molecule has 1 aliphatic rings. The summed E-state index contributed by atoms with van der Waals surface area (Å²) in [7, 11) is 0. The molecule has 31 heavy (non-hydrogen) atoms. The van der Waals surface area contributed by atoms with Gasteiger partial charge in [-0.05, 0) is 68.0 Å². The van der Waals surface area contributed by atoms with Gasteiger partial charge in [-0.1, -0.05) is 55.1 Å². The molecule has 0 spiro atoms. The molecule has 0 aliphatic heterocycles. The standard InChI is InChI=1S/C24H27Cl2FN4/c1-4-11-30-16(3)28-24(29-30)31(22-10-9-19(25)14-20(22)26)23(12-17-6-7-17)18-8-5-15(2)21(27)13-18/h5,8-10,13-14,17,23H,4,6-7,11-12H2,1-3H3/t23-/m0/s1. The van der Waals surface area contributed by atoms with E-state index in [1.165, 1.54) is 12.8 Å². The van der Waals surface area contributed by atoms with Crippen LogP contribution in [0.5, 0.6) is 0 Å². The van der Waals surface area contributed by atoms with Crippen molar-refractivity contribution in [2.24, 2.45) is 5.92 Å². The molecule has 1 atom stereocenters. The van der Waals surface area contributed by atoms with Crippen LogP contribution in [0.25, 0.3) is 0 Å². The van der Waals surface area contributed by atoms with E-state index >= 15 is 0 Å². The summed E-state index contributed by atoms with van der Waals surface area (Å²) < 4.78 is 16.5. The van der Waals surface area contributed by atoms with Gasteiger partial charge in [0, 0.05) is 11.6 Å². The highest BCUT2D eigenvalue weighted by Crippen LogP contribution is 2.46. The van der Waals surface area contributed by atoms with Crippen molar-refractivity contribution in [1.82, 2.24) is 14.8 Å². The third-order valence-corrected chi connectivity index (χ3v) is 6.35. The molecule has 0 amide bonds. The lowest BCUT2D eigenvalue weighted by Crippen LogP contribution is -2.26. The van der Waals surface area contributed by atoms with Crippen molar-refractivity contribution in [1.29, 1.82) is 0 Å². The summed E-state index contributed by atoms with van der Waals surface area (Å²) in [6.07, 6.45) is 4.20. The van der Waals surface area contributed by atoms with E-state index in [1.54, 1.807) is 19.1 Å². The van der Waals surface area contributed by atoms with Gasteiger partial charge in [0.1, 0.15) is 11.6 Å². The summed E-state index contributed by atoms with van der Waals surface area (Å²) in [5, 5.41) is 5.88. The summed E-state index contributed by atoms with van der Waals surface area (Å²) >= 11 is 12.8. The zero-order valence-electron chi connectivity index (χ0n) is 18.1. The van der Waals surface area contributed by atoms with Crippen LogP contribution in [0.3, 0.4) is 0 Å². The lowest BCUT2D eigenvalue weighted by Gasteiger charge is -2.32. The highest BCUT2D eigenvalue weighted by Gasteiger charge is 2.34. The Hall–Kier alpha value is -2.11. The number of hydrogen-bond donors (Lipinski definition) is 0. The number of hydrogen-bond acceptors (Lipinski definition) is 3. The number of benzene rings is 2. The predicted molar refractivity (Wildman–Crippen MR) is 125 cm³/mol. The van der Waals surface area contributed by atoms with Gasteiger partial charge in [-0.25, -0.2) is 9.07 Å². The van der Waals surface area contributed by atoms with Crippen LogP contribution in [0.2, 0.25) is 10.0 Å². The van der Waals surface area contributed by atoms with E-state index in [0.717, 1.165) is 36.5 Å². The van der Waals surface area contributed by atoms with Gasteiger partial charge in [0.15, 0.2) is 0 Å². The third kappa shape index (κ3) is 4.88. The maximum absolute atomic E-state index is 14.6. The molecule has 7 heteroatoms. The van der Waals surface area contributed by atoms with Crippen LogP contribution in [-0.4, -0.2) is 14.8 Å². The fourth-order valence-corrected chi connectivity index (χ4v) is 4.40. The molecular formula is C24H27Cl2FN4. The van der Waals surface area contributed by atoms with Gasteiger partial charge in [0.2, 0.25) is 5.95 Å². The average molecular weight is 461 g/mol. The van der Waals surface area contributed by atoms with E-state index in [0.29, 0.717) is 27.5 Å². The van der Waals surface area contributed by atoms with Crippen LogP contribution in [0.4, 0.5) is 16.0 Å². The molecule has 0 bridgehead atoms. The van der Waals surface area contributed by atoms with Crippen LogP contribution >= 0.6 is 23.2 Å². The fourth-order valence-electron chi connectivity index (χ4n) is 3.90. The predicted octanol–water partition coefficient (Wildman–Crippen LogP) is 7.43. The maximum Gasteiger partial charge on any atom is 0.250 e. The quantitative estimate of drug-likeness (QED) is 0.350. The van der Waals surface area contributed by atoms with Crippen LogP contribution in [-0.2, 0) is 6.54 Å². The topological polar surface area (TPSA) is 34.0 Å². The van der Waals surface area contributed by atoms with E-state index in [9.17, 15) is 4.39 Å². The number of nitrogens with zero attached hydrogens (tertiary/aromatic N) is 4. The second-order valence-electron chi connectivity index (χ2n) is 8.35. The molecule has 0 unspecified atom stereocenters. The van der Waals surface area contributed by atoms with Gasteiger partial charge in [0.25, 0.3) is 0 Å². The van der Waals surface area contributed by atoms with Crippen molar-refractivity contribution in [3.05, 3.63) is 69.2 Å². The van der Waals surface area contributed by atoms with Crippen molar-refractivity contribution in [3.8, 4) is 0 Å². The first kappa shape index (κ1) is 22.1. The highest BCUT2D eigenvalue weighted by molar-refractivity contribution is 6.36. The molecule has 1 fully saturated rings. The molecular weight excluding hydrogens is 434 g/mol. The minimum atomic E-state index is -0.207. The van der Waals surface area contributed by atoms with Crippen molar-refractivity contribution < 1.29 is 4.39 Å². The Morgan fingerprint density at radius 1 is 1.16 bits per heavy atom. The van der Waals surface area contributed by atoms with E-state index in [4.69, 9.17) is 33.3 Å². The van der Waals surface area contributed by atoms with Crippen molar-refractivity contribution >= 4 is 34.8 Å². The first-order chi connectivity index (χ1) is 14.9. The smallest absolute Gasteiger partial charge is 0.250 e. The normalized spacial score (nSPS) is 14.6. The number of anilines is 2. The van der Waals surface area contributed by atoms with Crippen molar-refractivity contribution in [2.75, 3.05) is 4.90 Å². The van der Waals surface area contributed by atoms with Gasteiger partial charge >= 0.3 is 0 Å². The second kappa shape index (κ2) is 9.17. The fraction of sp³-hybridized carbons (Fsp3) is 0.417. The van der Waals surface area contributed by atoms with E-state index in [2.05, 4.69) is 11.8 Å². The van der Waals surface area contributed by atoms with Gasteiger partial charge in [0.05, 0.1) is 16.8 Å². The number of aryl methyl sites for hydroxylation is 3. The van der Waals surface area contributed by atoms with Gasteiger partial charge in [-0.3, -0.25) is 0 Å². The second-order valence-corrected chi connectivity index (χ2v) is 9.20. The lowest BCUT2D eigenvalue weighted by atomic mass is 9.97. The first-order valence-electron chi connectivity index (χ1n) is 10.8.